The van der Waals surface area contributed by atoms with E-state index in [-0.39, 0.29) is 23.4 Å². The minimum atomic E-state index is -0.861. The SMILES string of the molecule is C=C1CC[C@H](O)C/C1=C/C=C1\CCC[C@@]2(C)[C@H]1CC[C@]2(O)[C@H](C)/C=C/[C@@](C)(O)C(C)C. The molecule has 3 rings (SSSR count). The van der Waals surface area contributed by atoms with Crippen LogP contribution in [0.15, 0.2) is 47.6 Å². The molecule has 0 amide bonds. The van der Waals surface area contributed by atoms with Crippen LogP contribution in [0.3, 0.4) is 0 Å². The molecule has 6 atom stereocenters. The quantitative estimate of drug-likeness (QED) is 0.480. The Balaban J connectivity index is 1.83. The third-order valence-corrected chi connectivity index (χ3v) is 9.01. The molecule has 31 heavy (non-hydrogen) atoms. The van der Waals surface area contributed by atoms with Crippen molar-refractivity contribution in [3.05, 3.63) is 47.6 Å². The Hall–Kier alpha value is -1.16. The van der Waals surface area contributed by atoms with Gasteiger partial charge in [0.15, 0.2) is 0 Å². The predicted octanol–water partition coefficient (Wildman–Crippen LogP) is 5.87. The third kappa shape index (κ3) is 4.65. The summed E-state index contributed by atoms with van der Waals surface area (Å²) in [6.07, 6.45) is 15.5. The summed E-state index contributed by atoms with van der Waals surface area (Å²) in [6, 6.07) is 0. The van der Waals surface area contributed by atoms with E-state index in [1.54, 1.807) is 0 Å². The summed E-state index contributed by atoms with van der Waals surface area (Å²) < 4.78 is 0. The summed E-state index contributed by atoms with van der Waals surface area (Å²) in [5.74, 6) is 0.493. The number of aliphatic hydroxyl groups excluding tert-OH is 1. The molecule has 3 nitrogen and oxygen atoms in total. The van der Waals surface area contributed by atoms with Crippen molar-refractivity contribution >= 4 is 0 Å². The van der Waals surface area contributed by atoms with Crippen LogP contribution in [-0.2, 0) is 0 Å². The lowest BCUT2D eigenvalue weighted by Crippen LogP contribution is -2.50. The van der Waals surface area contributed by atoms with Crippen molar-refractivity contribution in [2.24, 2.45) is 23.2 Å². The van der Waals surface area contributed by atoms with Gasteiger partial charge in [-0.2, -0.15) is 0 Å². The minimum absolute atomic E-state index is 0.0151. The van der Waals surface area contributed by atoms with Crippen molar-refractivity contribution in [2.45, 2.75) is 103 Å². The molecule has 3 aliphatic rings. The van der Waals surface area contributed by atoms with Gasteiger partial charge < -0.3 is 15.3 Å². The average molecular weight is 429 g/mol. The molecular weight excluding hydrogens is 384 g/mol. The highest BCUT2D eigenvalue weighted by Gasteiger charge is 2.59. The number of hydrogen-bond acceptors (Lipinski definition) is 3. The van der Waals surface area contributed by atoms with Crippen LogP contribution in [0.1, 0.15) is 86.0 Å². The lowest BCUT2D eigenvalue weighted by Gasteiger charge is -2.49. The van der Waals surface area contributed by atoms with Gasteiger partial charge in [-0.15, -0.1) is 0 Å². The topological polar surface area (TPSA) is 60.7 Å². The number of fused-ring (bicyclic) bond motifs is 1. The molecule has 0 aromatic heterocycles. The van der Waals surface area contributed by atoms with Crippen LogP contribution < -0.4 is 0 Å². The van der Waals surface area contributed by atoms with Crippen molar-refractivity contribution in [3.8, 4) is 0 Å². The van der Waals surface area contributed by atoms with Gasteiger partial charge in [-0.3, -0.25) is 0 Å². The van der Waals surface area contributed by atoms with Gasteiger partial charge in [0.05, 0.1) is 17.3 Å². The molecule has 0 radical (unpaired) electrons. The monoisotopic (exact) mass is 428 g/mol. The number of hydrogen-bond donors (Lipinski definition) is 3. The summed E-state index contributed by atoms with van der Waals surface area (Å²) in [5.41, 5.74) is 1.99. The zero-order chi connectivity index (χ0) is 23.0. The maximum atomic E-state index is 11.9. The smallest absolute Gasteiger partial charge is 0.0822 e. The highest BCUT2D eigenvalue weighted by Crippen LogP contribution is 2.61. The van der Waals surface area contributed by atoms with E-state index in [4.69, 9.17) is 0 Å². The first-order chi connectivity index (χ1) is 14.4. The fraction of sp³-hybridized carbons (Fsp3) is 0.714. The molecule has 3 fully saturated rings. The lowest BCUT2D eigenvalue weighted by atomic mass is 9.58. The molecule has 3 saturated carbocycles. The number of allylic oxidation sites excluding steroid dienone is 4. The molecular formula is C28H44O3. The molecule has 3 aliphatic carbocycles. The van der Waals surface area contributed by atoms with E-state index in [2.05, 4.69) is 32.6 Å². The Morgan fingerprint density at radius 2 is 1.84 bits per heavy atom. The summed E-state index contributed by atoms with van der Waals surface area (Å²) in [7, 11) is 0. The molecule has 0 aromatic rings. The molecule has 3 heteroatoms. The lowest BCUT2D eigenvalue weighted by molar-refractivity contribution is -0.100. The van der Waals surface area contributed by atoms with E-state index >= 15 is 0 Å². The van der Waals surface area contributed by atoms with E-state index in [9.17, 15) is 15.3 Å². The second kappa shape index (κ2) is 9.00. The number of aliphatic hydroxyl groups is 3. The Kier molecular flexibility index (Phi) is 7.11. The van der Waals surface area contributed by atoms with Crippen LogP contribution >= 0.6 is 0 Å². The molecule has 0 aliphatic heterocycles. The molecule has 174 valence electrons. The van der Waals surface area contributed by atoms with Gasteiger partial charge in [0, 0.05) is 11.3 Å². The summed E-state index contributed by atoms with van der Waals surface area (Å²) in [6.45, 7) is 14.5. The van der Waals surface area contributed by atoms with E-state index in [1.807, 2.05) is 32.9 Å². The summed E-state index contributed by atoms with van der Waals surface area (Å²) in [5, 5.41) is 32.6. The first kappa shape index (κ1) is 24.5. The Labute approximate surface area is 189 Å². The van der Waals surface area contributed by atoms with Gasteiger partial charge in [-0.05, 0) is 75.7 Å². The van der Waals surface area contributed by atoms with Crippen LogP contribution in [0.25, 0.3) is 0 Å². The van der Waals surface area contributed by atoms with Gasteiger partial charge in [0.2, 0.25) is 0 Å². The van der Waals surface area contributed by atoms with Gasteiger partial charge in [-0.25, -0.2) is 0 Å². The van der Waals surface area contributed by atoms with Crippen molar-refractivity contribution in [1.29, 1.82) is 0 Å². The molecule has 3 N–H and O–H groups in total. The van der Waals surface area contributed by atoms with Crippen LogP contribution in [-0.4, -0.2) is 32.6 Å². The summed E-state index contributed by atoms with van der Waals surface area (Å²) >= 11 is 0. The van der Waals surface area contributed by atoms with Crippen molar-refractivity contribution < 1.29 is 15.3 Å². The fourth-order valence-corrected chi connectivity index (χ4v) is 6.12. The largest absolute Gasteiger partial charge is 0.393 e. The van der Waals surface area contributed by atoms with Gasteiger partial charge in [0.1, 0.15) is 0 Å². The van der Waals surface area contributed by atoms with Gasteiger partial charge in [0.25, 0.3) is 0 Å². The zero-order valence-corrected chi connectivity index (χ0v) is 20.3. The second-order valence-corrected chi connectivity index (χ2v) is 11.2. The average Bonchev–Trinajstić information content (AvgIpc) is 2.99. The van der Waals surface area contributed by atoms with Crippen molar-refractivity contribution in [2.75, 3.05) is 0 Å². The molecule has 0 bridgehead atoms. The molecule has 0 spiro atoms. The molecule has 0 unspecified atom stereocenters. The highest BCUT2D eigenvalue weighted by molar-refractivity contribution is 5.36. The van der Waals surface area contributed by atoms with Crippen LogP contribution in [0.5, 0.6) is 0 Å². The first-order valence-electron chi connectivity index (χ1n) is 12.3. The van der Waals surface area contributed by atoms with Crippen LogP contribution in [0.4, 0.5) is 0 Å². The van der Waals surface area contributed by atoms with Crippen LogP contribution in [0.2, 0.25) is 0 Å². The summed E-state index contributed by atoms with van der Waals surface area (Å²) in [4.78, 5) is 0. The standard InChI is InChI=1S/C28H44O3/c1-19(2)27(6,30)16-13-21(4)28(31)17-14-25-22(8-7-15-26(25,28)5)10-11-23-18-24(29)12-9-20(23)3/h10-11,13,16,19,21,24-25,29-31H,3,7-9,12,14-15,17-18H2,1-2,4-6H3/b16-13+,22-10+,23-11-/t21-,24+,25+,26+,27-,28+/m1/s1. The number of rotatable bonds is 5. The first-order valence-corrected chi connectivity index (χ1v) is 12.3. The molecule has 0 aromatic carbocycles. The van der Waals surface area contributed by atoms with Crippen molar-refractivity contribution in [3.63, 3.8) is 0 Å². The zero-order valence-electron chi connectivity index (χ0n) is 20.3. The van der Waals surface area contributed by atoms with E-state index in [0.717, 1.165) is 50.5 Å². The maximum absolute atomic E-state index is 11.9. The maximum Gasteiger partial charge on any atom is 0.0822 e. The van der Waals surface area contributed by atoms with E-state index < -0.39 is 11.2 Å². The Morgan fingerprint density at radius 1 is 1.13 bits per heavy atom. The molecule has 0 heterocycles. The Morgan fingerprint density at radius 3 is 2.52 bits per heavy atom. The molecule has 0 saturated heterocycles. The van der Waals surface area contributed by atoms with E-state index in [1.165, 1.54) is 11.1 Å². The third-order valence-electron chi connectivity index (χ3n) is 9.01. The van der Waals surface area contributed by atoms with Crippen molar-refractivity contribution in [1.82, 2.24) is 0 Å². The fourth-order valence-electron chi connectivity index (χ4n) is 6.12. The second-order valence-electron chi connectivity index (χ2n) is 11.2. The highest BCUT2D eigenvalue weighted by atomic mass is 16.3. The normalized spacial score (nSPS) is 40.0. The Bertz CT molecular complexity index is 771. The predicted molar refractivity (Wildman–Crippen MR) is 129 cm³/mol. The van der Waals surface area contributed by atoms with Gasteiger partial charge in [-0.1, -0.05) is 69.7 Å². The minimum Gasteiger partial charge on any atom is -0.393 e. The van der Waals surface area contributed by atoms with E-state index in [0.29, 0.717) is 12.3 Å². The van der Waals surface area contributed by atoms with Gasteiger partial charge >= 0.3 is 0 Å². The van der Waals surface area contributed by atoms with Crippen LogP contribution in [0, 0.1) is 23.2 Å².